The third-order valence-electron chi connectivity index (χ3n) is 1.76. The summed E-state index contributed by atoms with van der Waals surface area (Å²) >= 11 is 1.41. The Balaban J connectivity index is 2.60. The summed E-state index contributed by atoms with van der Waals surface area (Å²) in [4.78, 5) is 0. The van der Waals surface area contributed by atoms with Crippen LogP contribution in [0.15, 0.2) is 16.8 Å². The summed E-state index contributed by atoms with van der Waals surface area (Å²) in [5.74, 6) is 0. The molecule has 0 aliphatic carbocycles. The van der Waals surface area contributed by atoms with E-state index < -0.39 is 12.2 Å². The molecule has 1 unspecified atom stereocenters. The van der Waals surface area contributed by atoms with Gasteiger partial charge in [0.1, 0.15) is 6.04 Å². The molecule has 1 nitrogen and oxygen atoms in total. The summed E-state index contributed by atoms with van der Waals surface area (Å²) < 4.78 is 36.8. The molecule has 1 aromatic heterocycles. The van der Waals surface area contributed by atoms with Crippen LogP contribution in [0.5, 0.6) is 0 Å². The van der Waals surface area contributed by atoms with E-state index in [1.165, 1.54) is 18.4 Å². The Labute approximate surface area is 78.6 Å². The topological polar surface area (TPSA) is 12.0 Å². The van der Waals surface area contributed by atoms with Crippen molar-refractivity contribution in [1.82, 2.24) is 5.32 Å². The number of likely N-dealkylation sites (N-methyl/N-ethyl adjacent to an activating group) is 1. The number of hydrogen-bond acceptors (Lipinski definition) is 2. The van der Waals surface area contributed by atoms with Crippen molar-refractivity contribution in [2.24, 2.45) is 0 Å². The van der Waals surface area contributed by atoms with Gasteiger partial charge in [-0.25, -0.2) is 0 Å². The van der Waals surface area contributed by atoms with Gasteiger partial charge in [0, 0.05) is 0 Å². The highest BCUT2D eigenvalue weighted by molar-refractivity contribution is 7.07. The lowest BCUT2D eigenvalue weighted by Gasteiger charge is -2.18. The average Bonchev–Trinajstić information content (AvgIpc) is 2.49. The second-order valence-electron chi connectivity index (χ2n) is 2.72. The lowest BCUT2D eigenvalue weighted by Crippen LogP contribution is -2.41. The zero-order valence-corrected chi connectivity index (χ0v) is 7.88. The van der Waals surface area contributed by atoms with Crippen LogP contribution < -0.4 is 5.32 Å². The molecule has 1 N–H and O–H groups in total. The molecule has 0 bridgehead atoms. The first kappa shape index (κ1) is 10.5. The first-order chi connectivity index (χ1) is 6.04. The van der Waals surface area contributed by atoms with E-state index in [1.807, 2.05) is 0 Å². The molecule has 0 aliphatic rings. The van der Waals surface area contributed by atoms with Gasteiger partial charge in [0.25, 0.3) is 0 Å². The lowest BCUT2D eigenvalue weighted by molar-refractivity contribution is -0.154. The predicted octanol–water partition coefficient (Wildman–Crippen LogP) is 2.44. The van der Waals surface area contributed by atoms with Gasteiger partial charge in [-0.1, -0.05) is 0 Å². The Morgan fingerprint density at radius 3 is 2.62 bits per heavy atom. The molecule has 0 amide bonds. The van der Waals surface area contributed by atoms with Gasteiger partial charge in [0.15, 0.2) is 0 Å². The molecular weight excluding hydrogens is 199 g/mol. The molecular formula is C8H10F3NS. The molecule has 74 valence electrons. The Kier molecular flexibility index (Phi) is 3.33. The molecule has 13 heavy (non-hydrogen) atoms. The van der Waals surface area contributed by atoms with Crippen LogP contribution >= 0.6 is 11.3 Å². The summed E-state index contributed by atoms with van der Waals surface area (Å²) in [6.07, 6.45) is -4.17. The number of thiophene rings is 1. The average molecular weight is 209 g/mol. The Morgan fingerprint density at radius 2 is 2.23 bits per heavy atom. The van der Waals surface area contributed by atoms with Crippen LogP contribution in [0.25, 0.3) is 0 Å². The third-order valence-corrected chi connectivity index (χ3v) is 2.50. The maximum atomic E-state index is 12.3. The van der Waals surface area contributed by atoms with Crippen LogP contribution in [-0.2, 0) is 6.42 Å². The fourth-order valence-electron chi connectivity index (χ4n) is 1.03. The monoisotopic (exact) mass is 209 g/mol. The summed E-state index contributed by atoms with van der Waals surface area (Å²) in [6, 6.07) is 0.267. The first-order valence-electron chi connectivity index (χ1n) is 3.79. The molecule has 0 aromatic carbocycles. The van der Waals surface area contributed by atoms with Crippen LogP contribution in [-0.4, -0.2) is 19.3 Å². The van der Waals surface area contributed by atoms with E-state index in [-0.39, 0.29) is 6.42 Å². The molecule has 1 heterocycles. The van der Waals surface area contributed by atoms with E-state index in [4.69, 9.17) is 0 Å². The minimum atomic E-state index is -4.17. The smallest absolute Gasteiger partial charge is 0.309 e. The minimum absolute atomic E-state index is 0.00347. The van der Waals surface area contributed by atoms with Crippen molar-refractivity contribution >= 4 is 11.3 Å². The van der Waals surface area contributed by atoms with Gasteiger partial charge in [-0.3, -0.25) is 0 Å². The largest absolute Gasteiger partial charge is 0.404 e. The highest BCUT2D eigenvalue weighted by Gasteiger charge is 2.38. The highest BCUT2D eigenvalue weighted by Crippen LogP contribution is 2.23. The van der Waals surface area contributed by atoms with Crippen LogP contribution in [0.3, 0.4) is 0 Å². The standard InChI is InChI=1S/C8H10F3NS/c1-12-7(8(9,10)11)4-6-2-3-13-5-6/h2-3,5,7,12H,4H2,1H3. The maximum Gasteiger partial charge on any atom is 0.404 e. The molecule has 0 saturated heterocycles. The van der Waals surface area contributed by atoms with Gasteiger partial charge in [0.2, 0.25) is 0 Å². The minimum Gasteiger partial charge on any atom is -0.309 e. The SMILES string of the molecule is CNC(Cc1ccsc1)C(F)(F)F. The van der Waals surface area contributed by atoms with E-state index in [9.17, 15) is 13.2 Å². The summed E-state index contributed by atoms with van der Waals surface area (Å²) in [5, 5.41) is 5.77. The number of alkyl halides is 3. The molecule has 0 saturated carbocycles. The molecule has 0 spiro atoms. The zero-order valence-electron chi connectivity index (χ0n) is 7.06. The Bertz CT molecular complexity index is 242. The van der Waals surface area contributed by atoms with Gasteiger partial charge in [-0.15, -0.1) is 0 Å². The summed E-state index contributed by atoms with van der Waals surface area (Å²) in [7, 11) is 1.32. The van der Waals surface area contributed by atoms with E-state index in [1.54, 1.807) is 16.8 Å². The van der Waals surface area contributed by atoms with E-state index in [0.29, 0.717) is 0 Å². The molecule has 1 atom stereocenters. The fourth-order valence-corrected chi connectivity index (χ4v) is 1.71. The summed E-state index contributed by atoms with van der Waals surface area (Å²) in [5.41, 5.74) is 0.724. The van der Waals surface area contributed by atoms with Crippen LogP contribution in [0.1, 0.15) is 5.56 Å². The van der Waals surface area contributed by atoms with Crippen molar-refractivity contribution in [2.75, 3.05) is 7.05 Å². The van der Waals surface area contributed by atoms with Crippen LogP contribution in [0, 0.1) is 0 Å². The lowest BCUT2D eigenvalue weighted by atomic mass is 10.1. The molecule has 5 heteroatoms. The van der Waals surface area contributed by atoms with Crippen LogP contribution in [0.4, 0.5) is 13.2 Å². The van der Waals surface area contributed by atoms with E-state index in [2.05, 4.69) is 5.32 Å². The molecule has 1 rings (SSSR count). The summed E-state index contributed by atoms with van der Waals surface area (Å²) in [6.45, 7) is 0. The second-order valence-corrected chi connectivity index (χ2v) is 3.50. The molecule has 0 radical (unpaired) electrons. The normalized spacial score (nSPS) is 14.5. The van der Waals surface area contributed by atoms with Gasteiger partial charge >= 0.3 is 6.18 Å². The first-order valence-corrected chi connectivity index (χ1v) is 4.73. The second kappa shape index (κ2) is 4.11. The number of nitrogens with one attached hydrogen (secondary N) is 1. The third kappa shape index (κ3) is 3.00. The number of halogens is 3. The van der Waals surface area contributed by atoms with Gasteiger partial charge < -0.3 is 5.32 Å². The van der Waals surface area contributed by atoms with Crippen molar-refractivity contribution < 1.29 is 13.2 Å². The Hall–Kier alpha value is -0.550. The zero-order chi connectivity index (χ0) is 9.90. The van der Waals surface area contributed by atoms with Gasteiger partial charge in [-0.05, 0) is 35.9 Å². The molecule has 0 fully saturated rings. The van der Waals surface area contributed by atoms with Crippen molar-refractivity contribution in [3.63, 3.8) is 0 Å². The maximum absolute atomic E-state index is 12.3. The quantitative estimate of drug-likeness (QED) is 0.806. The molecule has 1 aromatic rings. The highest BCUT2D eigenvalue weighted by atomic mass is 32.1. The Morgan fingerprint density at radius 1 is 1.54 bits per heavy atom. The van der Waals surface area contributed by atoms with Gasteiger partial charge in [-0.2, -0.15) is 24.5 Å². The van der Waals surface area contributed by atoms with Crippen molar-refractivity contribution in [2.45, 2.75) is 18.6 Å². The predicted molar refractivity (Wildman–Crippen MR) is 46.9 cm³/mol. The van der Waals surface area contributed by atoms with Crippen LogP contribution in [0.2, 0.25) is 0 Å². The van der Waals surface area contributed by atoms with E-state index in [0.717, 1.165) is 5.56 Å². The van der Waals surface area contributed by atoms with Gasteiger partial charge in [0.05, 0.1) is 0 Å². The van der Waals surface area contributed by atoms with Crippen molar-refractivity contribution in [1.29, 1.82) is 0 Å². The van der Waals surface area contributed by atoms with Crippen molar-refractivity contribution in [3.05, 3.63) is 22.4 Å². The fraction of sp³-hybridized carbons (Fsp3) is 0.500. The van der Waals surface area contributed by atoms with Crippen molar-refractivity contribution in [3.8, 4) is 0 Å². The number of rotatable bonds is 3. The molecule has 0 aliphatic heterocycles. The number of hydrogen-bond donors (Lipinski definition) is 1. The van der Waals surface area contributed by atoms with E-state index >= 15 is 0 Å².